The standard InChI is InChI=1S/C25H29NO6/c26-22(25(17-20(27)28)14-8-3-9-15-25)24(30)32-21(16-18-10-4-1-5-11-18)31-23(29)19-12-6-2-7-13-19/h1-2,4-7,10-13,21-22H,3,8-9,14-17,26H2,(H,27,28). The molecule has 2 aromatic rings. The molecule has 1 aliphatic rings. The van der Waals surface area contributed by atoms with Gasteiger partial charge < -0.3 is 20.3 Å². The summed E-state index contributed by atoms with van der Waals surface area (Å²) >= 11 is 0. The minimum Gasteiger partial charge on any atom is -0.481 e. The van der Waals surface area contributed by atoms with Gasteiger partial charge in [0.25, 0.3) is 6.29 Å². The fourth-order valence-electron chi connectivity index (χ4n) is 4.28. The summed E-state index contributed by atoms with van der Waals surface area (Å²) in [6.45, 7) is 0. The van der Waals surface area contributed by atoms with Gasteiger partial charge >= 0.3 is 17.9 Å². The molecule has 0 radical (unpaired) electrons. The lowest BCUT2D eigenvalue weighted by molar-refractivity contribution is -0.174. The minimum absolute atomic E-state index is 0.157. The predicted molar refractivity (Wildman–Crippen MR) is 118 cm³/mol. The zero-order chi connectivity index (χ0) is 23.0. The highest BCUT2D eigenvalue weighted by Gasteiger charge is 2.44. The van der Waals surface area contributed by atoms with E-state index in [4.69, 9.17) is 15.2 Å². The first-order chi connectivity index (χ1) is 15.4. The molecule has 32 heavy (non-hydrogen) atoms. The Labute approximate surface area is 187 Å². The van der Waals surface area contributed by atoms with Crippen molar-refractivity contribution in [2.45, 2.75) is 57.3 Å². The van der Waals surface area contributed by atoms with E-state index in [0.717, 1.165) is 24.8 Å². The van der Waals surface area contributed by atoms with E-state index in [9.17, 15) is 19.5 Å². The number of carboxylic acid groups (broad SMARTS) is 1. The van der Waals surface area contributed by atoms with Gasteiger partial charge in [0, 0.05) is 11.8 Å². The van der Waals surface area contributed by atoms with Crippen LogP contribution in [0.5, 0.6) is 0 Å². The SMILES string of the molecule is NC(C(=O)OC(Cc1ccccc1)OC(=O)c1ccccc1)C1(CC(=O)O)CCCCC1. The molecule has 0 heterocycles. The molecule has 0 amide bonds. The van der Waals surface area contributed by atoms with Gasteiger partial charge in [-0.2, -0.15) is 0 Å². The first-order valence-electron chi connectivity index (χ1n) is 10.9. The molecule has 7 nitrogen and oxygen atoms in total. The predicted octanol–water partition coefficient (Wildman–Crippen LogP) is 3.71. The van der Waals surface area contributed by atoms with Gasteiger partial charge in [0.15, 0.2) is 0 Å². The Bertz CT molecular complexity index is 909. The van der Waals surface area contributed by atoms with E-state index in [-0.39, 0.29) is 12.8 Å². The lowest BCUT2D eigenvalue weighted by Crippen LogP contribution is -2.51. The van der Waals surface area contributed by atoms with Crippen LogP contribution < -0.4 is 5.73 Å². The maximum absolute atomic E-state index is 13.0. The average Bonchev–Trinajstić information content (AvgIpc) is 2.80. The topological polar surface area (TPSA) is 116 Å². The van der Waals surface area contributed by atoms with Crippen LogP contribution in [-0.4, -0.2) is 35.3 Å². The van der Waals surface area contributed by atoms with E-state index < -0.39 is 35.7 Å². The Morgan fingerprint density at radius 1 is 0.906 bits per heavy atom. The van der Waals surface area contributed by atoms with Crippen molar-refractivity contribution in [1.29, 1.82) is 0 Å². The van der Waals surface area contributed by atoms with E-state index in [0.29, 0.717) is 18.4 Å². The Morgan fingerprint density at radius 3 is 2.09 bits per heavy atom. The zero-order valence-electron chi connectivity index (χ0n) is 17.9. The lowest BCUT2D eigenvalue weighted by atomic mass is 9.67. The number of hydrogen-bond donors (Lipinski definition) is 2. The van der Waals surface area contributed by atoms with Crippen molar-refractivity contribution in [2.24, 2.45) is 11.1 Å². The Balaban J connectivity index is 1.76. The van der Waals surface area contributed by atoms with Crippen LogP contribution >= 0.6 is 0 Å². The second kappa shape index (κ2) is 10.9. The summed E-state index contributed by atoms with van der Waals surface area (Å²) in [5, 5.41) is 9.41. The highest BCUT2D eigenvalue weighted by Crippen LogP contribution is 2.42. The van der Waals surface area contributed by atoms with Crippen molar-refractivity contribution in [1.82, 2.24) is 0 Å². The summed E-state index contributed by atoms with van der Waals surface area (Å²) in [5.74, 6) is -2.37. The maximum atomic E-state index is 13.0. The number of rotatable bonds is 9. The molecule has 0 aliphatic heterocycles. The van der Waals surface area contributed by atoms with Gasteiger partial charge in [0.05, 0.1) is 12.0 Å². The summed E-state index contributed by atoms with van der Waals surface area (Å²) in [6.07, 6.45) is 2.46. The monoisotopic (exact) mass is 439 g/mol. The Morgan fingerprint density at radius 2 is 1.50 bits per heavy atom. The van der Waals surface area contributed by atoms with Gasteiger partial charge in [-0.25, -0.2) is 4.79 Å². The highest BCUT2D eigenvalue weighted by atomic mass is 16.7. The molecule has 0 saturated heterocycles. The second-order valence-electron chi connectivity index (χ2n) is 8.30. The van der Waals surface area contributed by atoms with Crippen LogP contribution in [0.25, 0.3) is 0 Å². The number of esters is 2. The van der Waals surface area contributed by atoms with Gasteiger partial charge in [-0.3, -0.25) is 9.59 Å². The zero-order valence-corrected chi connectivity index (χ0v) is 17.9. The van der Waals surface area contributed by atoms with Crippen molar-refractivity contribution in [3.8, 4) is 0 Å². The van der Waals surface area contributed by atoms with E-state index in [1.807, 2.05) is 30.3 Å². The summed E-state index contributed by atoms with van der Waals surface area (Å²) in [4.78, 5) is 37.1. The Kier molecular flexibility index (Phi) is 8.00. The van der Waals surface area contributed by atoms with Crippen molar-refractivity contribution in [3.05, 3.63) is 71.8 Å². The molecular weight excluding hydrogens is 410 g/mol. The first kappa shape index (κ1) is 23.5. The molecule has 1 saturated carbocycles. The molecular formula is C25H29NO6. The van der Waals surface area contributed by atoms with Crippen molar-refractivity contribution in [3.63, 3.8) is 0 Å². The van der Waals surface area contributed by atoms with Crippen LogP contribution in [0.1, 0.15) is 54.4 Å². The molecule has 0 bridgehead atoms. The van der Waals surface area contributed by atoms with Gasteiger partial charge in [0.2, 0.25) is 0 Å². The molecule has 0 spiro atoms. The van der Waals surface area contributed by atoms with Gasteiger partial charge in [-0.05, 0) is 30.5 Å². The van der Waals surface area contributed by atoms with Crippen LogP contribution in [0.15, 0.2) is 60.7 Å². The van der Waals surface area contributed by atoms with Crippen LogP contribution in [0.3, 0.4) is 0 Å². The number of carboxylic acids is 1. The molecule has 2 unspecified atom stereocenters. The second-order valence-corrected chi connectivity index (χ2v) is 8.30. The third-order valence-electron chi connectivity index (χ3n) is 6.01. The van der Waals surface area contributed by atoms with Crippen LogP contribution in [0.2, 0.25) is 0 Å². The normalized spacial score (nSPS) is 17.0. The summed E-state index contributed by atoms with van der Waals surface area (Å²) in [5.41, 5.74) is 6.57. The van der Waals surface area contributed by atoms with Crippen molar-refractivity contribution < 1.29 is 29.0 Å². The quantitative estimate of drug-likeness (QED) is 0.452. The number of benzene rings is 2. The average molecular weight is 440 g/mol. The first-order valence-corrected chi connectivity index (χ1v) is 10.9. The summed E-state index contributed by atoms with van der Waals surface area (Å²) in [6, 6.07) is 16.5. The summed E-state index contributed by atoms with van der Waals surface area (Å²) in [7, 11) is 0. The number of carbonyl (C=O) groups is 3. The number of ether oxygens (including phenoxy) is 2. The van der Waals surface area contributed by atoms with E-state index in [1.54, 1.807) is 30.3 Å². The molecule has 3 N–H and O–H groups in total. The minimum atomic E-state index is -1.19. The number of aliphatic carboxylic acids is 1. The van der Waals surface area contributed by atoms with E-state index in [2.05, 4.69) is 0 Å². The lowest BCUT2D eigenvalue weighted by Gasteiger charge is -2.39. The smallest absolute Gasteiger partial charge is 0.341 e. The fourth-order valence-corrected chi connectivity index (χ4v) is 4.28. The van der Waals surface area contributed by atoms with Crippen LogP contribution in [-0.2, 0) is 25.5 Å². The van der Waals surface area contributed by atoms with Crippen LogP contribution in [0.4, 0.5) is 0 Å². The molecule has 1 aliphatic carbocycles. The molecule has 3 rings (SSSR count). The Hall–Kier alpha value is -3.19. The number of carbonyl (C=O) groups excluding carboxylic acids is 2. The fraction of sp³-hybridized carbons (Fsp3) is 0.400. The molecule has 1 fully saturated rings. The van der Waals surface area contributed by atoms with E-state index in [1.165, 1.54) is 0 Å². The van der Waals surface area contributed by atoms with Crippen LogP contribution in [0, 0.1) is 5.41 Å². The maximum Gasteiger partial charge on any atom is 0.341 e. The van der Waals surface area contributed by atoms with Crippen molar-refractivity contribution >= 4 is 17.9 Å². The van der Waals surface area contributed by atoms with Crippen molar-refractivity contribution in [2.75, 3.05) is 0 Å². The van der Waals surface area contributed by atoms with E-state index >= 15 is 0 Å². The molecule has 2 atom stereocenters. The van der Waals surface area contributed by atoms with Gasteiger partial charge in [-0.1, -0.05) is 67.8 Å². The number of hydrogen-bond acceptors (Lipinski definition) is 6. The molecule has 2 aromatic carbocycles. The largest absolute Gasteiger partial charge is 0.481 e. The van der Waals surface area contributed by atoms with Gasteiger partial charge in [-0.15, -0.1) is 0 Å². The number of nitrogens with two attached hydrogens (primary N) is 1. The highest BCUT2D eigenvalue weighted by molar-refractivity contribution is 5.89. The third kappa shape index (κ3) is 6.17. The molecule has 0 aromatic heterocycles. The molecule has 7 heteroatoms. The summed E-state index contributed by atoms with van der Waals surface area (Å²) < 4.78 is 11.1. The van der Waals surface area contributed by atoms with Gasteiger partial charge in [0.1, 0.15) is 6.04 Å². The molecule has 170 valence electrons. The third-order valence-corrected chi connectivity index (χ3v) is 6.01.